The standard InChI is InChI=1S/C41H28N2O/c1-5-14-29(15-6-1)32-27-36(30-16-7-2-8-17-30)42-37(28-32)31-24-25-39-35(26-31)41-38(22-13-23-40(41)44-39)43(33-18-9-3-10-19-33)34-20-11-4-12-21-34/h1-28H. The summed E-state index contributed by atoms with van der Waals surface area (Å²) >= 11 is 0. The number of aromatic nitrogens is 1. The van der Waals surface area contributed by atoms with E-state index in [0.717, 1.165) is 72.6 Å². The van der Waals surface area contributed by atoms with Crippen molar-refractivity contribution in [1.29, 1.82) is 0 Å². The summed E-state index contributed by atoms with van der Waals surface area (Å²) in [5, 5.41) is 2.12. The van der Waals surface area contributed by atoms with Crippen molar-refractivity contribution < 1.29 is 4.42 Å². The highest BCUT2D eigenvalue weighted by atomic mass is 16.3. The van der Waals surface area contributed by atoms with E-state index in [0.29, 0.717) is 0 Å². The molecule has 0 amide bonds. The van der Waals surface area contributed by atoms with Gasteiger partial charge in [-0.25, -0.2) is 4.98 Å². The Kier molecular flexibility index (Phi) is 6.47. The van der Waals surface area contributed by atoms with E-state index >= 15 is 0 Å². The zero-order chi connectivity index (χ0) is 29.3. The van der Waals surface area contributed by atoms with Crippen molar-refractivity contribution in [3.63, 3.8) is 0 Å². The third kappa shape index (κ3) is 4.71. The number of furan rings is 1. The fraction of sp³-hybridized carbons (Fsp3) is 0. The van der Waals surface area contributed by atoms with Crippen molar-refractivity contribution in [3.8, 4) is 33.6 Å². The van der Waals surface area contributed by atoms with Gasteiger partial charge in [0.15, 0.2) is 0 Å². The maximum atomic E-state index is 6.44. The van der Waals surface area contributed by atoms with Crippen molar-refractivity contribution in [1.82, 2.24) is 4.98 Å². The van der Waals surface area contributed by atoms with E-state index in [1.165, 1.54) is 0 Å². The van der Waals surface area contributed by atoms with Crippen molar-refractivity contribution in [2.24, 2.45) is 0 Å². The van der Waals surface area contributed by atoms with Gasteiger partial charge in [-0.3, -0.25) is 0 Å². The monoisotopic (exact) mass is 564 g/mol. The summed E-state index contributed by atoms with van der Waals surface area (Å²) in [5.41, 5.74) is 11.2. The van der Waals surface area contributed by atoms with Gasteiger partial charge in [0.25, 0.3) is 0 Å². The molecule has 8 aromatic rings. The molecule has 0 spiro atoms. The number of benzene rings is 6. The molecule has 0 radical (unpaired) electrons. The Labute approximate surface area is 256 Å². The van der Waals surface area contributed by atoms with Crippen molar-refractivity contribution >= 4 is 39.0 Å². The third-order valence-electron chi connectivity index (χ3n) is 8.04. The Morgan fingerprint density at radius 2 is 0.977 bits per heavy atom. The van der Waals surface area contributed by atoms with Crippen LogP contribution >= 0.6 is 0 Å². The van der Waals surface area contributed by atoms with Gasteiger partial charge >= 0.3 is 0 Å². The predicted molar refractivity (Wildman–Crippen MR) is 183 cm³/mol. The minimum atomic E-state index is 0.847. The molecule has 0 bridgehead atoms. The summed E-state index contributed by atoms with van der Waals surface area (Å²) in [6, 6.07) is 58.9. The lowest BCUT2D eigenvalue weighted by atomic mass is 9.99. The molecular formula is C41H28N2O. The van der Waals surface area contributed by atoms with E-state index in [1.54, 1.807) is 0 Å². The molecule has 0 aliphatic heterocycles. The average molecular weight is 565 g/mol. The summed E-state index contributed by atoms with van der Waals surface area (Å²) in [4.78, 5) is 7.48. The van der Waals surface area contributed by atoms with Crippen LogP contribution in [0.1, 0.15) is 0 Å². The number of pyridine rings is 1. The molecule has 8 rings (SSSR count). The third-order valence-corrected chi connectivity index (χ3v) is 8.04. The molecule has 0 N–H and O–H groups in total. The van der Waals surface area contributed by atoms with Crippen LogP contribution in [-0.4, -0.2) is 4.98 Å². The lowest BCUT2D eigenvalue weighted by molar-refractivity contribution is 0.669. The maximum absolute atomic E-state index is 6.44. The molecule has 2 aromatic heterocycles. The lowest BCUT2D eigenvalue weighted by Crippen LogP contribution is -2.09. The molecule has 0 aliphatic rings. The van der Waals surface area contributed by atoms with Crippen molar-refractivity contribution in [3.05, 3.63) is 170 Å². The van der Waals surface area contributed by atoms with Gasteiger partial charge in [-0.05, 0) is 77.9 Å². The highest BCUT2D eigenvalue weighted by Crippen LogP contribution is 2.43. The topological polar surface area (TPSA) is 29.3 Å². The van der Waals surface area contributed by atoms with E-state index in [-0.39, 0.29) is 0 Å². The molecule has 208 valence electrons. The van der Waals surface area contributed by atoms with Gasteiger partial charge in [-0.1, -0.05) is 103 Å². The SMILES string of the molecule is c1ccc(-c2cc(-c3ccccc3)nc(-c3ccc4oc5cccc(N(c6ccccc6)c6ccccc6)c5c4c3)c2)cc1. The first-order valence-corrected chi connectivity index (χ1v) is 14.8. The molecule has 0 atom stereocenters. The zero-order valence-electron chi connectivity index (χ0n) is 24.0. The Balaban J connectivity index is 1.35. The summed E-state index contributed by atoms with van der Waals surface area (Å²) < 4.78 is 6.44. The lowest BCUT2D eigenvalue weighted by Gasteiger charge is -2.26. The second-order valence-corrected chi connectivity index (χ2v) is 10.8. The molecule has 0 aliphatic carbocycles. The van der Waals surface area contributed by atoms with Gasteiger partial charge in [-0.2, -0.15) is 0 Å². The van der Waals surface area contributed by atoms with Crippen molar-refractivity contribution in [2.45, 2.75) is 0 Å². The Morgan fingerprint density at radius 3 is 1.61 bits per heavy atom. The molecule has 2 heterocycles. The molecule has 3 nitrogen and oxygen atoms in total. The smallest absolute Gasteiger partial charge is 0.137 e. The normalized spacial score (nSPS) is 11.2. The van der Waals surface area contributed by atoms with Gasteiger partial charge in [0.2, 0.25) is 0 Å². The number of rotatable bonds is 6. The second kappa shape index (κ2) is 11.0. The van der Waals surface area contributed by atoms with E-state index in [4.69, 9.17) is 9.40 Å². The van der Waals surface area contributed by atoms with Crippen LogP contribution in [0.3, 0.4) is 0 Å². The minimum Gasteiger partial charge on any atom is -0.456 e. The molecule has 44 heavy (non-hydrogen) atoms. The van der Waals surface area contributed by atoms with Crippen LogP contribution in [0.15, 0.2) is 174 Å². The Bertz CT molecular complexity index is 2110. The van der Waals surface area contributed by atoms with Crippen LogP contribution in [0.4, 0.5) is 17.1 Å². The number of hydrogen-bond acceptors (Lipinski definition) is 3. The first-order chi connectivity index (χ1) is 21.8. The highest BCUT2D eigenvalue weighted by Gasteiger charge is 2.20. The highest BCUT2D eigenvalue weighted by molar-refractivity contribution is 6.14. The Morgan fingerprint density at radius 1 is 0.409 bits per heavy atom. The van der Waals surface area contributed by atoms with Crippen LogP contribution in [0.2, 0.25) is 0 Å². The van der Waals surface area contributed by atoms with Crippen LogP contribution in [-0.2, 0) is 0 Å². The quantitative estimate of drug-likeness (QED) is 0.201. The zero-order valence-corrected chi connectivity index (χ0v) is 24.0. The van der Waals surface area contributed by atoms with Crippen molar-refractivity contribution in [2.75, 3.05) is 4.90 Å². The van der Waals surface area contributed by atoms with Crippen LogP contribution in [0.5, 0.6) is 0 Å². The van der Waals surface area contributed by atoms with Gasteiger partial charge in [-0.15, -0.1) is 0 Å². The van der Waals surface area contributed by atoms with Crippen LogP contribution in [0, 0.1) is 0 Å². The first-order valence-electron chi connectivity index (χ1n) is 14.8. The van der Waals surface area contributed by atoms with Gasteiger partial charge in [0.1, 0.15) is 11.2 Å². The van der Waals surface area contributed by atoms with Gasteiger partial charge < -0.3 is 9.32 Å². The number of para-hydroxylation sites is 2. The minimum absolute atomic E-state index is 0.847. The largest absolute Gasteiger partial charge is 0.456 e. The van der Waals surface area contributed by atoms with E-state index in [9.17, 15) is 0 Å². The molecule has 0 saturated carbocycles. The molecule has 3 heteroatoms. The van der Waals surface area contributed by atoms with Gasteiger partial charge in [0.05, 0.1) is 22.5 Å². The number of fused-ring (bicyclic) bond motifs is 3. The fourth-order valence-corrected chi connectivity index (χ4v) is 5.97. The van der Waals surface area contributed by atoms with E-state index < -0.39 is 0 Å². The molecule has 0 fully saturated rings. The maximum Gasteiger partial charge on any atom is 0.137 e. The number of nitrogens with zero attached hydrogens (tertiary/aromatic N) is 2. The van der Waals surface area contributed by atoms with E-state index in [1.807, 2.05) is 24.3 Å². The molecule has 0 saturated heterocycles. The summed E-state index contributed by atoms with van der Waals surface area (Å²) in [5.74, 6) is 0. The van der Waals surface area contributed by atoms with Crippen LogP contribution in [0.25, 0.3) is 55.6 Å². The van der Waals surface area contributed by atoms with E-state index in [2.05, 4.69) is 150 Å². The molecule has 6 aromatic carbocycles. The molecular weight excluding hydrogens is 536 g/mol. The summed E-state index contributed by atoms with van der Waals surface area (Å²) in [7, 11) is 0. The first kappa shape index (κ1) is 25.8. The Hall–Kier alpha value is -5.93. The average Bonchev–Trinajstić information content (AvgIpc) is 3.49. The second-order valence-electron chi connectivity index (χ2n) is 10.8. The predicted octanol–water partition coefficient (Wildman–Crippen LogP) is 11.5. The molecule has 0 unspecified atom stereocenters. The number of hydrogen-bond donors (Lipinski definition) is 0. The summed E-state index contributed by atoms with van der Waals surface area (Å²) in [6.07, 6.45) is 0. The fourth-order valence-electron chi connectivity index (χ4n) is 5.97. The van der Waals surface area contributed by atoms with Crippen LogP contribution < -0.4 is 4.90 Å². The number of anilines is 3. The summed E-state index contributed by atoms with van der Waals surface area (Å²) in [6.45, 7) is 0. The van der Waals surface area contributed by atoms with Gasteiger partial charge in [0, 0.05) is 27.9 Å².